The molecule has 0 unspecified atom stereocenters. The molecule has 0 saturated carbocycles. The molecule has 2 atom stereocenters. The summed E-state index contributed by atoms with van der Waals surface area (Å²) < 4.78 is 26.2. The van der Waals surface area contributed by atoms with Crippen molar-refractivity contribution in [2.75, 3.05) is 13.2 Å². The fourth-order valence-corrected chi connectivity index (χ4v) is 5.04. The number of phosphoric acid groups is 1. The molecule has 0 rings (SSSR count). The molecule has 0 aliphatic heterocycles. The zero-order valence-corrected chi connectivity index (χ0v) is 33.4. The number of hydrogen-bond acceptors (Lipinski definition) is 7. The lowest BCUT2D eigenvalue weighted by atomic mass is 10.1. The minimum atomic E-state index is -4.80. The monoisotopic (exact) mass is 760 g/mol. The summed E-state index contributed by atoms with van der Waals surface area (Å²) in [6, 6.07) is 0. The van der Waals surface area contributed by atoms with Crippen LogP contribution in [-0.2, 0) is 28.2 Å². The van der Waals surface area contributed by atoms with E-state index < -0.39 is 38.6 Å². The number of ether oxygens (including phenoxy) is 2. The van der Waals surface area contributed by atoms with Crippen molar-refractivity contribution in [3.05, 3.63) is 97.2 Å². The van der Waals surface area contributed by atoms with E-state index in [2.05, 4.69) is 60.9 Å². The third-order valence-corrected chi connectivity index (χ3v) is 8.14. The quantitative estimate of drug-likeness (QED) is 0.0192. The van der Waals surface area contributed by atoms with Crippen LogP contribution in [0.15, 0.2) is 97.2 Å². The summed E-state index contributed by atoms with van der Waals surface area (Å²) in [5, 5.41) is 9.99. The van der Waals surface area contributed by atoms with Crippen molar-refractivity contribution in [1.29, 1.82) is 0 Å². The highest BCUT2D eigenvalue weighted by atomic mass is 31.2. The van der Waals surface area contributed by atoms with E-state index in [9.17, 15) is 19.3 Å². The van der Waals surface area contributed by atoms with Gasteiger partial charge in [-0.25, -0.2) is 4.57 Å². The van der Waals surface area contributed by atoms with E-state index in [-0.39, 0.29) is 19.4 Å². The fourth-order valence-electron chi connectivity index (χ4n) is 4.68. The minimum absolute atomic E-state index is 0.106. The average Bonchev–Trinajstić information content (AvgIpc) is 3.12. The van der Waals surface area contributed by atoms with E-state index in [1.165, 1.54) is 38.5 Å². The number of esters is 2. The molecule has 0 heterocycles. The Hall–Kier alpha value is -3.07. The van der Waals surface area contributed by atoms with Gasteiger partial charge in [-0.15, -0.1) is 0 Å². The number of carbonyl (C=O) groups excluding carboxylic acids is 2. The SMILES string of the molecule is CCCCC/C=C\C/C=C\C/C=C\C/C=C\CCCC(=O)O[C@H](COC(=O)CCC/C=C\C/C=C\C=C\[C@H](O)C/C=C\CCCCC)COP(=O)(O)O. The van der Waals surface area contributed by atoms with E-state index in [1.807, 2.05) is 48.6 Å². The molecule has 0 aliphatic rings. The normalized spacial score (nSPS) is 14.1. The van der Waals surface area contributed by atoms with Crippen molar-refractivity contribution in [2.24, 2.45) is 0 Å². The molecular formula is C43H69O9P. The van der Waals surface area contributed by atoms with Crippen molar-refractivity contribution in [1.82, 2.24) is 0 Å². The number of allylic oxidation sites excluding steroid dienone is 14. The molecule has 0 bridgehead atoms. The molecule has 0 spiro atoms. The predicted molar refractivity (Wildman–Crippen MR) is 217 cm³/mol. The number of phosphoric ester groups is 1. The second kappa shape index (κ2) is 37.3. The highest BCUT2D eigenvalue weighted by Crippen LogP contribution is 2.35. The molecule has 10 heteroatoms. The third-order valence-electron chi connectivity index (χ3n) is 7.66. The number of unbranched alkanes of at least 4 members (excludes halogenated alkanes) is 8. The predicted octanol–water partition coefficient (Wildman–Crippen LogP) is 10.8. The summed E-state index contributed by atoms with van der Waals surface area (Å²) in [5.74, 6) is -1.07. The van der Waals surface area contributed by atoms with Crippen LogP contribution < -0.4 is 0 Å². The molecule has 9 nitrogen and oxygen atoms in total. The van der Waals surface area contributed by atoms with Gasteiger partial charge in [0.05, 0.1) is 12.7 Å². The zero-order chi connectivity index (χ0) is 39.1. The van der Waals surface area contributed by atoms with Crippen molar-refractivity contribution in [2.45, 2.75) is 148 Å². The Morgan fingerprint density at radius 2 is 1.06 bits per heavy atom. The first-order valence-corrected chi connectivity index (χ1v) is 21.2. The van der Waals surface area contributed by atoms with Crippen LogP contribution in [0.3, 0.4) is 0 Å². The molecule has 0 radical (unpaired) electrons. The smallest absolute Gasteiger partial charge is 0.462 e. The van der Waals surface area contributed by atoms with E-state index >= 15 is 0 Å². The summed E-state index contributed by atoms with van der Waals surface area (Å²) in [7, 11) is -4.80. The molecule has 0 aromatic heterocycles. The summed E-state index contributed by atoms with van der Waals surface area (Å²) in [4.78, 5) is 42.7. The Balaban J connectivity index is 4.24. The lowest BCUT2D eigenvalue weighted by molar-refractivity contribution is -0.161. The summed E-state index contributed by atoms with van der Waals surface area (Å²) in [5.41, 5.74) is 0. The second-order valence-electron chi connectivity index (χ2n) is 12.7. The highest BCUT2D eigenvalue weighted by Gasteiger charge is 2.22. The Labute approximate surface area is 320 Å². The van der Waals surface area contributed by atoms with Gasteiger partial charge in [-0.2, -0.15) is 0 Å². The lowest BCUT2D eigenvalue weighted by Crippen LogP contribution is -2.29. The van der Waals surface area contributed by atoms with Crippen LogP contribution in [0.2, 0.25) is 0 Å². The molecular weight excluding hydrogens is 691 g/mol. The molecule has 0 fully saturated rings. The van der Waals surface area contributed by atoms with Crippen LogP contribution >= 0.6 is 7.82 Å². The number of carbonyl (C=O) groups is 2. The summed E-state index contributed by atoms with van der Waals surface area (Å²) in [6.45, 7) is 3.44. The molecule has 0 aromatic carbocycles. The third kappa shape index (κ3) is 40.0. The van der Waals surface area contributed by atoms with Gasteiger partial charge in [0.15, 0.2) is 6.10 Å². The van der Waals surface area contributed by atoms with Gasteiger partial charge in [-0.05, 0) is 83.5 Å². The maximum Gasteiger partial charge on any atom is 0.469 e. The standard InChI is InChI=1S/C43H69O9P/c1-3-5-7-9-11-12-13-14-15-16-17-18-19-20-25-29-33-37-43(46)52-41(39-51-53(47,48)49)38-50-42(45)36-32-28-24-22-21-23-27-31-35-40(44)34-30-26-10-8-6-4-2/h11-12,14-15,17-18,20,22-27,30-31,35,40-41,44H,3-10,13,16,19,21,28-29,32-34,36-39H2,1-2H3,(H2,47,48,49)/b12-11-,15-14-,18-17-,24-22-,25-20-,27-23-,30-26-,35-31+/t40-,41-/m1/s1. The van der Waals surface area contributed by atoms with Crippen LogP contribution in [0.4, 0.5) is 0 Å². The zero-order valence-electron chi connectivity index (χ0n) is 32.5. The topological polar surface area (TPSA) is 140 Å². The van der Waals surface area contributed by atoms with Crippen LogP contribution in [0.5, 0.6) is 0 Å². The Morgan fingerprint density at radius 3 is 1.58 bits per heavy atom. The van der Waals surface area contributed by atoms with Crippen LogP contribution in [0.25, 0.3) is 0 Å². The first-order chi connectivity index (χ1) is 25.7. The molecule has 0 aliphatic carbocycles. The Kier molecular flexibility index (Phi) is 35.1. The summed E-state index contributed by atoms with van der Waals surface area (Å²) >= 11 is 0. The van der Waals surface area contributed by atoms with Crippen molar-refractivity contribution in [3.8, 4) is 0 Å². The molecule has 0 amide bonds. The van der Waals surface area contributed by atoms with E-state index in [0.717, 1.165) is 38.5 Å². The largest absolute Gasteiger partial charge is 0.469 e. The van der Waals surface area contributed by atoms with Gasteiger partial charge >= 0.3 is 19.8 Å². The van der Waals surface area contributed by atoms with Crippen LogP contribution in [-0.4, -0.2) is 52.3 Å². The molecule has 3 N–H and O–H groups in total. The first kappa shape index (κ1) is 49.9. The van der Waals surface area contributed by atoms with Gasteiger partial charge < -0.3 is 24.4 Å². The van der Waals surface area contributed by atoms with Gasteiger partial charge in [0.25, 0.3) is 0 Å². The van der Waals surface area contributed by atoms with Crippen molar-refractivity contribution < 1.29 is 43.0 Å². The first-order valence-electron chi connectivity index (χ1n) is 19.6. The van der Waals surface area contributed by atoms with Crippen LogP contribution in [0, 0.1) is 0 Å². The van der Waals surface area contributed by atoms with Gasteiger partial charge in [0.2, 0.25) is 0 Å². The second-order valence-corrected chi connectivity index (χ2v) is 14.0. The fraction of sp³-hybridized carbons (Fsp3) is 0.581. The van der Waals surface area contributed by atoms with Crippen molar-refractivity contribution in [3.63, 3.8) is 0 Å². The number of rotatable bonds is 34. The van der Waals surface area contributed by atoms with E-state index in [1.54, 1.807) is 6.08 Å². The Bertz CT molecular complexity index is 1190. The average molecular weight is 761 g/mol. The highest BCUT2D eigenvalue weighted by molar-refractivity contribution is 7.46. The molecule has 53 heavy (non-hydrogen) atoms. The van der Waals surface area contributed by atoms with E-state index in [0.29, 0.717) is 32.1 Å². The van der Waals surface area contributed by atoms with Gasteiger partial charge in [-0.3, -0.25) is 14.1 Å². The van der Waals surface area contributed by atoms with Gasteiger partial charge in [-0.1, -0.05) is 137 Å². The number of hydrogen-bond donors (Lipinski definition) is 3. The number of aliphatic hydroxyl groups excluding tert-OH is 1. The van der Waals surface area contributed by atoms with Crippen molar-refractivity contribution >= 4 is 19.8 Å². The molecule has 0 aromatic rings. The summed E-state index contributed by atoms with van der Waals surface area (Å²) in [6.07, 6.45) is 47.3. The Morgan fingerprint density at radius 1 is 0.585 bits per heavy atom. The van der Waals surface area contributed by atoms with Gasteiger partial charge in [0.1, 0.15) is 6.61 Å². The van der Waals surface area contributed by atoms with E-state index in [4.69, 9.17) is 19.3 Å². The number of aliphatic hydroxyl groups is 1. The molecule has 300 valence electrons. The van der Waals surface area contributed by atoms with Crippen LogP contribution in [0.1, 0.15) is 136 Å². The lowest BCUT2D eigenvalue weighted by Gasteiger charge is -2.18. The maximum atomic E-state index is 12.4. The van der Waals surface area contributed by atoms with Gasteiger partial charge in [0, 0.05) is 12.8 Å². The minimum Gasteiger partial charge on any atom is -0.462 e. The molecule has 0 saturated heterocycles. The maximum absolute atomic E-state index is 12.4.